The number of hydrogen-bond acceptors (Lipinski definition) is 3. The van der Waals surface area contributed by atoms with E-state index in [4.69, 9.17) is 9.84 Å². The quantitative estimate of drug-likeness (QED) is 0.838. The lowest BCUT2D eigenvalue weighted by Crippen LogP contribution is -2.44. The van der Waals surface area contributed by atoms with Crippen LogP contribution in [0, 0.1) is 0 Å². The highest BCUT2D eigenvalue weighted by Crippen LogP contribution is 2.33. The molecule has 18 heavy (non-hydrogen) atoms. The van der Waals surface area contributed by atoms with Crippen molar-refractivity contribution < 1.29 is 19.7 Å². The highest BCUT2D eigenvalue weighted by atomic mass is 16.5. The van der Waals surface area contributed by atoms with Gasteiger partial charge in [-0.05, 0) is 30.5 Å². The Kier molecular flexibility index (Phi) is 3.43. The molecule has 1 aromatic carbocycles. The number of nitrogens with zero attached hydrogens (tertiary/aromatic N) is 1. The van der Waals surface area contributed by atoms with Gasteiger partial charge in [0.1, 0.15) is 5.75 Å². The lowest BCUT2D eigenvalue weighted by molar-refractivity contribution is -0.0213. The fourth-order valence-electron chi connectivity index (χ4n) is 2.26. The number of ether oxygens (including phenoxy) is 1. The van der Waals surface area contributed by atoms with Gasteiger partial charge in [0, 0.05) is 13.1 Å². The largest absolute Gasteiger partial charge is 0.497 e. The molecule has 1 amide bonds. The highest BCUT2D eigenvalue weighted by Gasteiger charge is 2.35. The summed E-state index contributed by atoms with van der Waals surface area (Å²) in [5.41, 5.74) is -0.119. The van der Waals surface area contributed by atoms with Gasteiger partial charge in [-0.1, -0.05) is 12.1 Å². The maximum Gasteiger partial charge on any atom is 0.407 e. The van der Waals surface area contributed by atoms with E-state index in [-0.39, 0.29) is 0 Å². The Morgan fingerprint density at radius 1 is 1.28 bits per heavy atom. The zero-order chi connectivity index (χ0) is 13.2. The molecule has 0 radical (unpaired) electrons. The van der Waals surface area contributed by atoms with E-state index in [1.54, 1.807) is 19.2 Å². The van der Waals surface area contributed by atoms with Crippen molar-refractivity contribution in [3.63, 3.8) is 0 Å². The molecule has 5 heteroatoms. The van der Waals surface area contributed by atoms with Crippen molar-refractivity contribution >= 4 is 6.09 Å². The molecular weight excluding hydrogens is 234 g/mol. The summed E-state index contributed by atoms with van der Waals surface area (Å²) in [6.07, 6.45) is -0.0798. The molecule has 0 bridgehead atoms. The van der Waals surface area contributed by atoms with Crippen molar-refractivity contribution in [3.8, 4) is 5.75 Å². The predicted octanol–water partition coefficient (Wildman–Crippen LogP) is 1.66. The summed E-state index contributed by atoms with van der Waals surface area (Å²) in [5, 5.41) is 19.4. The normalized spacial score (nSPS) is 18.4. The molecule has 2 rings (SSSR count). The molecular formula is C13H17NO4. The van der Waals surface area contributed by atoms with Crippen LogP contribution in [0.4, 0.5) is 4.79 Å². The van der Waals surface area contributed by atoms with Crippen LogP contribution in [0.1, 0.15) is 18.4 Å². The predicted molar refractivity (Wildman–Crippen MR) is 65.7 cm³/mol. The maximum absolute atomic E-state index is 10.8. The second kappa shape index (κ2) is 4.86. The first-order chi connectivity index (χ1) is 8.55. The molecule has 0 aromatic heterocycles. The number of carbonyl (C=O) groups is 1. The lowest BCUT2D eigenvalue weighted by Gasteiger charge is -2.37. The average molecular weight is 251 g/mol. The third kappa shape index (κ3) is 2.41. The van der Waals surface area contributed by atoms with Gasteiger partial charge >= 0.3 is 6.09 Å². The van der Waals surface area contributed by atoms with E-state index in [0.29, 0.717) is 25.9 Å². The van der Waals surface area contributed by atoms with Crippen LogP contribution in [0.2, 0.25) is 0 Å². The number of aliphatic hydroxyl groups is 1. The molecule has 0 atom stereocenters. The topological polar surface area (TPSA) is 70.0 Å². The number of likely N-dealkylation sites (tertiary alicyclic amines) is 1. The molecule has 2 N–H and O–H groups in total. The molecule has 98 valence electrons. The van der Waals surface area contributed by atoms with Crippen molar-refractivity contribution in [3.05, 3.63) is 29.8 Å². The second-order valence-corrected chi connectivity index (χ2v) is 4.53. The summed E-state index contributed by atoms with van der Waals surface area (Å²) in [5.74, 6) is 0.741. The summed E-state index contributed by atoms with van der Waals surface area (Å²) >= 11 is 0. The van der Waals surface area contributed by atoms with Crippen molar-refractivity contribution in [2.75, 3.05) is 20.2 Å². The van der Waals surface area contributed by atoms with Crippen LogP contribution in [0.3, 0.4) is 0 Å². The van der Waals surface area contributed by atoms with Crippen LogP contribution >= 0.6 is 0 Å². The Balaban J connectivity index is 2.10. The highest BCUT2D eigenvalue weighted by molar-refractivity contribution is 5.65. The van der Waals surface area contributed by atoms with E-state index in [0.717, 1.165) is 11.3 Å². The van der Waals surface area contributed by atoms with Gasteiger partial charge in [0.15, 0.2) is 0 Å². The number of rotatable bonds is 2. The van der Waals surface area contributed by atoms with Gasteiger partial charge in [0.05, 0.1) is 12.7 Å². The Morgan fingerprint density at radius 3 is 2.28 bits per heavy atom. The van der Waals surface area contributed by atoms with Crippen LogP contribution in [0.15, 0.2) is 24.3 Å². The van der Waals surface area contributed by atoms with Gasteiger partial charge in [-0.15, -0.1) is 0 Å². The molecule has 1 aliphatic rings. The number of hydrogen-bond donors (Lipinski definition) is 2. The Bertz CT molecular complexity index is 421. The van der Waals surface area contributed by atoms with Crippen molar-refractivity contribution in [1.82, 2.24) is 4.90 Å². The number of methoxy groups -OCH3 is 1. The van der Waals surface area contributed by atoms with Crippen molar-refractivity contribution in [1.29, 1.82) is 0 Å². The molecule has 5 nitrogen and oxygen atoms in total. The fourth-order valence-corrected chi connectivity index (χ4v) is 2.26. The maximum atomic E-state index is 10.8. The summed E-state index contributed by atoms with van der Waals surface area (Å²) in [7, 11) is 1.59. The first-order valence-corrected chi connectivity index (χ1v) is 5.90. The zero-order valence-corrected chi connectivity index (χ0v) is 10.3. The van der Waals surface area contributed by atoms with Crippen molar-refractivity contribution in [2.24, 2.45) is 0 Å². The van der Waals surface area contributed by atoms with Crippen molar-refractivity contribution in [2.45, 2.75) is 18.4 Å². The van der Waals surface area contributed by atoms with Crippen LogP contribution in [0.5, 0.6) is 5.75 Å². The number of benzene rings is 1. The smallest absolute Gasteiger partial charge is 0.407 e. The summed E-state index contributed by atoms with van der Waals surface area (Å²) < 4.78 is 5.07. The molecule has 1 fully saturated rings. The van der Waals surface area contributed by atoms with E-state index in [2.05, 4.69) is 0 Å². The first-order valence-electron chi connectivity index (χ1n) is 5.90. The third-order valence-electron chi connectivity index (χ3n) is 3.49. The second-order valence-electron chi connectivity index (χ2n) is 4.53. The molecule has 0 unspecified atom stereocenters. The molecule has 0 saturated carbocycles. The zero-order valence-electron chi connectivity index (χ0n) is 10.3. The molecule has 1 aromatic rings. The fraction of sp³-hybridized carbons (Fsp3) is 0.462. The van der Waals surface area contributed by atoms with E-state index >= 15 is 0 Å². The Morgan fingerprint density at radius 2 is 1.83 bits per heavy atom. The van der Waals surface area contributed by atoms with E-state index in [1.807, 2.05) is 12.1 Å². The third-order valence-corrected chi connectivity index (χ3v) is 3.49. The van der Waals surface area contributed by atoms with Gasteiger partial charge in [0.2, 0.25) is 0 Å². The molecule has 1 heterocycles. The van der Waals surface area contributed by atoms with Crippen LogP contribution in [-0.2, 0) is 5.60 Å². The number of piperidine rings is 1. The number of carboxylic acid groups (broad SMARTS) is 1. The van der Waals surface area contributed by atoms with Gasteiger partial charge in [-0.3, -0.25) is 0 Å². The van der Waals surface area contributed by atoms with E-state index in [1.165, 1.54) is 4.90 Å². The Hall–Kier alpha value is -1.75. The first kappa shape index (κ1) is 12.7. The van der Waals surface area contributed by atoms with Crippen LogP contribution in [-0.4, -0.2) is 41.4 Å². The molecule has 0 aliphatic carbocycles. The SMILES string of the molecule is COc1ccc(C2(O)CCN(C(=O)O)CC2)cc1. The monoisotopic (exact) mass is 251 g/mol. The van der Waals surface area contributed by atoms with Gasteiger partial charge in [-0.2, -0.15) is 0 Å². The lowest BCUT2D eigenvalue weighted by atomic mass is 9.84. The van der Waals surface area contributed by atoms with Gasteiger partial charge in [0.25, 0.3) is 0 Å². The van der Waals surface area contributed by atoms with E-state index < -0.39 is 11.7 Å². The summed E-state index contributed by atoms with van der Waals surface area (Å²) in [6.45, 7) is 0.718. The minimum atomic E-state index is -0.932. The van der Waals surface area contributed by atoms with Gasteiger partial charge < -0.3 is 19.8 Å². The Labute approximate surface area is 106 Å². The molecule has 1 saturated heterocycles. The van der Waals surface area contributed by atoms with Gasteiger partial charge in [-0.25, -0.2) is 4.79 Å². The van der Waals surface area contributed by atoms with E-state index in [9.17, 15) is 9.90 Å². The van der Waals surface area contributed by atoms with Crippen LogP contribution < -0.4 is 4.74 Å². The molecule has 0 spiro atoms. The van der Waals surface area contributed by atoms with Crippen LogP contribution in [0.25, 0.3) is 0 Å². The minimum Gasteiger partial charge on any atom is -0.497 e. The summed E-state index contributed by atoms with van der Waals surface area (Å²) in [4.78, 5) is 12.1. The standard InChI is InChI=1S/C13H17NO4/c1-18-11-4-2-10(3-5-11)13(17)6-8-14(9-7-13)12(15)16/h2-5,17H,6-9H2,1H3,(H,15,16). The average Bonchev–Trinajstić information content (AvgIpc) is 2.39. The summed E-state index contributed by atoms with van der Waals surface area (Å²) in [6, 6.07) is 7.26. The molecule has 1 aliphatic heterocycles. The minimum absolute atomic E-state index is 0.359. The number of amides is 1.